The largest absolute Gasteiger partial charge is 0.454 e. The molecule has 0 radical (unpaired) electrons. The summed E-state index contributed by atoms with van der Waals surface area (Å²) in [6.45, 7) is 1.43. The van der Waals surface area contributed by atoms with Crippen LogP contribution in [0.4, 0.5) is 5.69 Å². The molecule has 132 valence electrons. The molecule has 0 bridgehead atoms. The number of ether oxygens (including phenoxy) is 1. The summed E-state index contributed by atoms with van der Waals surface area (Å²) in [5.41, 5.74) is 2.76. The number of anilines is 1. The van der Waals surface area contributed by atoms with Gasteiger partial charge in [-0.3, -0.25) is 9.59 Å². The van der Waals surface area contributed by atoms with Gasteiger partial charge >= 0.3 is 5.97 Å². The van der Waals surface area contributed by atoms with Crippen LogP contribution >= 0.6 is 15.9 Å². The van der Waals surface area contributed by atoms with Gasteiger partial charge in [-0.15, -0.1) is 0 Å². The lowest BCUT2D eigenvalue weighted by molar-refractivity contribution is -0.136. The fourth-order valence-electron chi connectivity index (χ4n) is 2.60. The average Bonchev–Trinajstić information content (AvgIpc) is 2.93. The fraction of sp³-hybridized carbons (Fsp3) is 0.150. The van der Waals surface area contributed by atoms with Gasteiger partial charge in [0.05, 0.1) is 5.92 Å². The van der Waals surface area contributed by atoms with Crippen LogP contribution < -0.4 is 5.32 Å². The number of carbonyl (C=O) groups is 3. The summed E-state index contributed by atoms with van der Waals surface area (Å²) in [5, 5.41) is 2.75. The van der Waals surface area contributed by atoms with Gasteiger partial charge in [-0.25, -0.2) is 4.79 Å². The third-order valence-electron chi connectivity index (χ3n) is 4.12. The van der Waals surface area contributed by atoms with Gasteiger partial charge < -0.3 is 10.1 Å². The first kappa shape index (κ1) is 18.1. The minimum atomic E-state index is -0.590. The van der Waals surface area contributed by atoms with Crippen LogP contribution in [0.25, 0.3) is 6.08 Å². The van der Waals surface area contributed by atoms with Gasteiger partial charge in [-0.05, 0) is 54.5 Å². The van der Waals surface area contributed by atoms with E-state index < -0.39 is 5.97 Å². The monoisotopic (exact) mass is 413 g/mol. The Morgan fingerprint density at radius 2 is 1.92 bits per heavy atom. The molecule has 26 heavy (non-hydrogen) atoms. The highest BCUT2D eigenvalue weighted by Gasteiger charge is 2.27. The Bertz CT molecular complexity index is 903. The van der Waals surface area contributed by atoms with Crippen molar-refractivity contribution in [3.8, 4) is 0 Å². The maximum absolute atomic E-state index is 12.2. The molecule has 1 amide bonds. The molecule has 0 saturated carbocycles. The zero-order valence-corrected chi connectivity index (χ0v) is 15.6. The molecule has 1 aliphatic heterocycles. The molecule has 6 heteroatoms. The zero-order chi connectivity index (χ0) is 18.7. The standard InChI is InChI=1S/C20H16BrNO4/c1-12-16-10-14(5-8-17(16)22-20(12)25)18(23)11-26-19(24)9-4-13-2-6-15(21)7-3-13/h2-10,12H,11H2,1H3,(H,22,25)/b9-4+/t12-/m1/s1. The van der Waals surface area contributed by atoms with E-state index >= 15 is 0 Å². The number of hydrogen-bond donors (Lipinski definition) is 1. The van der Waals surface area contributed by atoms with Crippen molar-refractivity contribution in [2.24, 2.45) is 0 Å². The molecule has 1 N–H and O–H groups in total. The lowest BCUT2D eigenvalue weighted by Gasteiger charge is -2.06. The van der Waals surface area contributed by atoms with E-state index in [-0.39, 0.29) is 24.2 Å². The van der Waals surface area contributed by atoms with E-state index in [2.05, 4.69) is 21.2 Å². The predicted octanol–water partition coefficient (Wildman–Crippen LogP) is 3.94. The highest BCUT2D eigenvalue weighted by Crippen LogP contribution is 2.32. The van der Waals surface area contributed by atoms with Crippen LogP contribution in [0.3, 0.4) is 0 Å². The fourth-order valence-corrected chi connectivity index (χ4v) is 2.86. The van der Waals surface area contributed by atoms with Gasteiger partial charge in [-0.1, -0.05) is 28.1 Å². The van der Waals surface area contributed by atoms with E-state index in [1.165, 1.54) is 6.08 Å². The molecule has 5 nitrogen and oxygen atoms in total. The van der Waals surface area contributed by atoms with E-state index in [1.54, 1.807) is 31.2 Å². The number of benzene rings is 2. The Balaban J connectivity index is 1.58. The maximum Gasteiger partial charge on any atom is 0.331 e. The van der Waals surface area contributed by atoms with Crippen molar-refractivity contribution in [3.05, 3.63) is 69.7 Å². The van der Waals surface area contributed by atoms with Crippen LogP contribution in [-0.4, -0.2) is 24.3 Å². The molecule has 2 aromatic rings. The molecule has 0 aromatic heterocycles. The van der Waals surface area contributed by atoms with Gasteiger partial charge in [0.25, 0.3) is 0 Å². The van der Waals surface area contributed by atoms with Crippen LogP contribution in [0.5, 0.6) is 0 Å². The number of hydrogen-bond acceptors (Lipinski definition) is 4. The molecule has 0 saturated heterocycles. The van der Waals surface area contributed by atoms with Crippen molar-refractivity contribution in [2.45, 2.75) is 12.8 Å². The summed E-state index contributed by atoms with van der Waals surface area (Å²) >= 11 is 3.34. The lowest BCUT2D eigenvalue weighted by Crippen LogP contribution is -2.13. The van der Waals surface area contributed by atoms with Crippen LogP contribution in [-0.2, 0) is 14.3 Å². The van der Waals surface area contributed by atoms with Crippen molar-refractivity contribution >= 4 is 45.4 Å². The highest BCUT2D eigenvalue weighted by molar-refractivity contribution is 9.10. The van der Waals surface area contributed by atoms with E-state index in [1.807, 2.05) is 24.3 Å². The second-order valence-electron chi connectivity index (χ2n) is 5.93. The number of esters is 1. The molecular formula is C20H16BrNO4. The maximum atomic E-state index is 12.2. The summed E-state index contributed by atoms with van der Waals surface area (Å²) in [6.07, 6.45) is 2.90. The molecule has 0 spiro atoms. The van der Waals surface area contributed by atoms with Crippen LogP contribution in [0.15, 0.2) is 53.0 Å². The van der Waals surface area contributed by atoms with E-state index in [4.69, 9.17) is 4.74 Å². The molecule has 2 aromatic carbocycles. The number of amides is 1. The quantitative estimate of drug-likeness (QED) is 0.457. The van der Waals surface area contributed by atoms with E-state index in [9.17, 15) is 14.4 Å². The highest BCUT2D eigenvalue weighted by atomic mass is 79.9. The van der Waals surface area contributed by atoms with Crippen molar-refractivity contribution in [3.63, 3.8) is 0 Å². The smallest absolute Gasteiger partial charge is 0.331 e. The van der Waals surface area contributed by atoms with Crippen LogP contribution in [0.2, 0.25) is 0 Å². The number of Topliss-reactive ketones (excluding diaryl/α,β-unsaturated/α-hetero) is 1. The second-order valence-corrected chi connectivity index (χ2v) is 6.84. The van der Waals surface area contributed by atoms with Crippen molar-refractivity contribution in [1.82, 2.24) is 0 Å². The number of fused-ring (bicyclic) bond motifs is 1. The minimum absolute atomic E-state index is 0.0888. The molecule has 1 atom stereocenters. The van der Waals surface area contributed by atoms with Gasteiger partial charge in [0.15, 0.2) is 12.4 Å². The molecular weight excluding hydrogens is 398 g/mol. The SMILES string of the molecule is C[C@H]1C(=O)Nc2ccc(C(=O)COC(=O)/C=C/c3ccc(Br)cc3)cc21. The second kappa shape index (κ2) is 7.66. The molecule has 3 rings (SSSR count). The Morgan fingerprint density at radius 3 is 2.65 bits per heavy atom. The first-order chi connectivity index (χ1) is 12.4. The lowest BCUT2D eigenvalue weighted by atomic mass is 9.99. The summed E-state index contributed by atoms with van der Waals surface area (Å²) in [7, 11) is 0. The van der Waals surface area contributed by atoms with Gasteiger partial charge in [0, 0.05) is 21.8 Å². The summed E-state index contributed by atoms with van der Waals surface area (Å²) in [5.74, 6) is -1.29. The predicted molar refractivity (Wildman–Crippen MR) is 102 cm³/mol. The average molecular weight is 414 g/mol. The third kappa shape index (κ3) is 4.08. The number of carbonyl (C=O) groups excluding carboxylic acids is 3. The molecule has 0 fully saturated rings. The molecule has 1 aliphatic rings. The molecule has 0 aliphatic carbocycles. The Labute approximate surface area is 159 Å². The number of halogens is 1. The topological polar surface area (TPSA) is 72.5 Å². The summed E-state index contributed by atoms with van der Waals surface area (Å²) in [6, 6.07) is 12.4. The van der Waals surface area contributed by atoms with E-state index in [0.717, 1.165) is 15.6 Å². The number of rotatable bonds is 5. The van der Waals surface area contributed by atoms with Gasteiger partial charge in [-0.2, -0.15) is 0 Å². The zero-order valence-electron chi connectivity index (χ0n) is 14.0. The van der Waals surface area contributed by atoms with Crippen molar-refractivity contribution in [1.29, 1.82) is 0 Å². The minimum Gasteiger partial charge on any atom is -0.454 e. The van der Waals surface area contributed by atoms with Gasteiger partial charge in [0.1, 0.15) is 0 Å². The first-order valence-corrected chi connectivity index (χ1v) is 8.82. The van der Waals surface area contributed by atoms with Crippen LogP contribution in [0.1, 0.15) is 34.3 Å². The van der Waals surface area contributed by atoms with Gasteiger partial charge in [0.2, 0.25) is 5.91 Å². The Morgan fingerprint density at radius 1 is 1.19 bits per heavy atom. The number of ketones is 1. The van der Waals surface area contributed by atoms with E-state index in [0.29, 0.717) is 11.3 Å². The third-order valence-corrected chi connectivity index (χ3v) is 4.65. The summed E-state index contributed by atoms with van der Waals surface area (Å²) in [4.78, 5) is 35.7. The van der Waals surface area contributed by atoms with Crippen LogP contribution in [0, 0.1) is 0 Å². The molecule has 1 heterocycles. The Kier molecular flexibility index (Phi) is 5.32. The molecule has 0 unspecified atom stereocenters. The van der Waals surface area contributed by atoms with Crippen molar-refractivity contribution in [2.75, 3.05) is 11.9 Å². The number of nitrogens with one attached hydrogen (secondary N) is 1. The first-order valence-electron chi connectivity index (χ1n) is 8.02. The normalized spacial score (nSPS) is 15.6. The summed E-state index contributed by atoms with van der Waals surface area (Å²) < 4.78 is 5.95. The Hall–Kier alpha value is -2.73. The van der Waals surface area contributed by atoms with Crippen molar-refractivity contribution < 1.29 is 19.1 Å².